The molecule has 0 aliphatic carbocycles. The van der Waals surface area contributed by atoms with Crippen molar-refractivity contribution in [3.63, 3.8) is 0 Å². The van der Waals surface area contributed by atoms with E-state index in [-0.39, 0.29) is 5.76 Å². The minimum atomic E-state index is -1.47. The van der Waals surface area contributed by atoms with Crippen LogP contribution in [0.4, 0.5) is 0 Å². The molecule has 9 heteroatoms. The van der Waals surface area contributed by atoms with Gasteiger partial charge in [-0.05, 0) is 0 Å². The van der Waals surface area contributed by atoms with Gasteiger partial charge in [0.15, 0.2) is 12.2 Å². The Bertz CT molecular complexity index is 508. The fourth-order valence-corrected chi connectivity index (χ4v) is 1.79. The predicted octanol–water partition coefficient (Wildman–Crippen LogP) is -0.521. The average Bonchev–Trinajstić information content (AvgIpc) is 2.46. The van der Waals surface area contributed by atoms with Gasteiger partial charge in [-0.2, -0.15) is 0 Å². The molecule has 0 aromatic rings. The van der Waals surface area contributed by atoms with Gasteiger partial charge in [-0.3, -0.25) is 9.59 Å². The van der Waals surface area contributed by atoms with Gasteiger partial charge >= 0.3 is 23.9 Å². The molecule has 0 bridgehead atoms. The van der Waals surface area contributed by atoms with Gasteiger partial charge in [0.1, 0.15) is 0 Å². The lowest BCUT2D eigenvalue weighted by molar-refractivity contribution is -0.187. The summed E-state index contributed by atoms with van der Waals surface area (Å²) in [5.74, 6) is -3.57. The van der Waals surface area contributed by atoms with Crippen LogP contribution in [0.3, 0.4) is 0 Å². The van der Waals surface area contributed by atoms with Crippen molar-refractivity contribution in [2.75, 3.05) is 14.2 Å². The Balaban J connectivity index is 3.21. The minimum absolute atomic E-state index is 0.354. The summed E-state index contributed by atoms with van der Waals surface area (Å²) < 4.78 is 24.1. The van der Waals surface area contributed by atoms with E-state index in [1.165, 1.54) is 0 Å². The fourth-order valence-electron chi connectivity index (χ4n) is 1.79. The molecule has 122 valence electrons. The zero-order valence-corrected chi connectivity index (χ0v) is 12.5. The van der Waals surface area contributed by atoms with Gasteiger partial charge in [-0.25, -0.2) is 9.59 Å². The van der Waals surface area contributed by atoms with E-state index < -0.39 is 42.2 Å². The van der Waals surface area contributed by atoms with Crippen molar-refractivity contribution < 1.29 is 42.9 Å². The summed E-state index contributed by atoms with van der Waals surface area (Å²) in [6.45, 7) is 2.23. The van der Waals surface area contributed by atoms with Crippen molar-refractivity contribution in [3.8, 4) is 0 Å². The van der Waals surface area contributed by atoms with Crippen LogP contribution in [-0.2, 0) is 42.9 Å². The summed E-state index contributed by atoms with van der Waals surface area (Å²) in [4.78, 5) is 45.7. The normalized spacial score (nSPS) is 23.5. The first-order valence-electron chi connectivity index (χ1n) is 6.19. The Hall–Kier alpha value is -2.58. The predicted molar refractivity (Wildman–Crippen MR) is 68.1 cm³/mol. The zero-order valence-electron chi connectivity index (χ0n) is 12.5. The molecule has 0 saturated heterocycles. The van der Waals surface area contributed by atoms with Gasteiger partial charge in [-0.15, -0.1) is 0 Å². The number of hydrogen-bond donors (Lipinski definition) is 0. The molecule has 1 rings (SSSR count). The van der Waals surface area contributed by atoms with Gasteiger partial charge in [0.05, 0.1) is 14.2 Å². The van der Waals surface area contributed by atoms with Crippen LogP contribution in [0.25, 0.3) is 0 Å². The van der Waals surface area contributed by atoms with E-state index in [0.29, 0.717) is 0 Å². The maximum absolute atomic E-state index is 11.8. The fraction of sp³-hybridized carbons (Fsp3) is 0.538. The van der Waals surface area contributed by atoms with Gasteiger partial charge in [0.2, 0.25) is 11.9 Å². The summed E-state index contributed by atoms with van der Waals surface area (Å²) in [6, 6.07) is 0. The highest BCUT2D eigenvalue weighted by Crippen LogP contribution is 2.25. The number of rotatable bonds is 4. The molecule has 0 amide bonds. The molecule has 22 heavy (non-hydrogen) atoms. The first-order chi connectivity index (χ1) is 10.3. The summed E-state index contributed by atoms with van der Waals surface area (Å²) >= 11 is 0. The molecule has 1 aliphatic rings. The Morgan fingerprint density at radius 2 is 1.59 bits per heavy atom. The van der Waals surface area contributed by atoms with E-state index in [9.17, 15) is 19.2 Å². The molecule has 0 N–H and O–H groups in total. The number of hydrogen-bond acceptors (Lipinski definition) is 9. The van der Waals surface area contributed by atoms with Crippen LogP contribution in [0.1, 0.15) is 13.8 Å². The van der Waals surface area contributed by atoms with Crippen LogP contribution in [0.2, 0.25) is 0 Å². The lowest BCUT2D eigenvalue weighted by Crippen LogP contribution is -2.51. The molecule has 0 saturated carbocycles. The van der Waals surface area contributed by atoms with E-state index in [2.05, 4.69) is 9.47 Å². The lowest BCUT2D eigenvalue weighted by Gasteiger charge is -2.33. The van der Waals surface area contributed by atoms with Gasteiger partial charge < -0.3 is 23.7 Å². The number of methoxy groups -OCH3 is 2. The Labute approximate surface area is 126 Å². The first-order valence-corrected chi connectivity index (χ1v) is 6.19. The van der Waals surface area contributed by atoms with Crippen LogP contribution >= 0.6 is 0 Å². The van der Waals surface area contributed by atoms with Crippen molar-refractivity contribution in [1.82, 2.24) is 0 Å². The third-order valence-electron chi connectivity index (χ3n) is 2.62. The number of ether oxygens (including phenoxy) is 5. The van der Waals surface area contributed by atoms with Crippen LogP contribution < -0.4 is 0 Å². The zero-order chi connectivity index (χ0) is 16.9. The molecule has 1 heterocycles. The molecule has 0 unspecified atom stereocenters. The summed E-state index contributed by atoms with van der Waals surface area (Å²) in [7, 11) is 2.20. The van der Waals surface area contributed by atoms with E-state index in [1.807, 2.05) is 0 Å². The Morgan fingerprint density at radius 1 is 1.00 bits per heavy atom. The van der Waals surface area contributed by atoms with E-state index >= 15 is 0 Å². The van der Waals surface area contributed by atoms with Gasteiger partial charge in [0.25, 0.3) is 0 Å². The number of carbonyl (C=O) groups excluding carboxylic acids is 4. The SMILES string of the molecule is COC(=O)C1=C[C@H](OC(C)=O)[C@H](OC(C)=O)[C@@H](C(=O)OC)O1. The highest BCUT2D eigenvalue weighted by molar-refractivity contribution is 5.88. The minimum Gasteiger partial charge on any atom is -0.467 e. The molecule has 3 atom stereocenters. The second-order valence-corrected chi connectivity index (χ2v) is 4.23. The third kappa shape index (κ3) is 4.21. The van der Waals surface area contributed by atoms with E-state index in [1.54, 1.807) is 0 Å². The van der Waals surface area contributed by atoms with Gasteiger partial charge in [-0.1, -0.05) is 0 Å². The van der Waals surface area contributed by atoms with Gasteiger partial charge in [0, 0.05) is 19.9 Å². The van der Waals surface area contributed by atoms with Crippen molar-refractivity contribution >= 4 is 23.9 Å². The first kappa shape index (κ1) is 17.5. The number of esters is 4. The molecule has 1 aliphatic heterocycles. The monoisotopic (exact) mass is 316 g/mol. The second-order valence-electron chi connectivity index (χ2n) is 4.23. The molecule has 9 nitrogen and oxygen atoms in total. The highest BCUT2D eigenvalue weighted by atomic mass is 16.6. The van der Waals surface area contributed by atoms with E-state index in [0.717, 1.165) is 34.1 Å². The van der Waals surface area contributed by atoms with Crippen molar-refractivity contribution in [3.05, 3.63) is 11.8 Å². The smallest absolute Gasteiger partial charge is 0.373 e. The Kier molecular flexibility index (Phi) is 5.90. The number of carbonyl (C=O) groups is 4. The highest BCUT2D eigenvalue weighted by Gasteiger charge is 2.46. The molecule has 0 radical (unpaired) electrons. The lowest BCUT2D eigenvalue weighted by atomic mass is 10.0. The van der Waals surface area contributed by atoms with Crippen molar-refractivity contribution in [1.29, 1.82) is 0 Å². The second kappa shape index (κ2) is 7.43. The molecule has 0 spiro atoms. The summed E-state index contributed by atoms with van der Waals surface area (Å²) in [5.41, 5.74) is 0. The summed E-state index contributed by atoms with van der Waals surface area (Å²) in [6.07, 6.45) is -2.87. The molecular weight excluding hydrogens is 300 g/mol. The molecule has 0 fully saturated rings. The van der Waals surface area contributed by atoms with Crippen LogP contribution in [0.15, 0.2) is 11.8 Å². The quantitative estimate of drug-likeness (QED) is 0.499. The van der Waals surface area contributed by atoms with Crippen LogP contribution in [-0.4, -0.2) is 56.4 Å². The van der Waals surface area contributed by atoms with Crippen molar-refractivity contribution in [2.45, 2.75) is 32.2 Å². The maximum Gasteiger partial charge on any atom is 0.373 e. The van der Waals surface area contributed by atoms with Crippen LogP contribution in [0.5, 0.6) is 0 Å². The molecule has 0 aromatic heterocycles. The molecular formula is C13H16O9. The molecule has 0 aromatic carbocycles. The third-order valence-corrected chi connectivity index (χ3v) is 2.62. The average molecular weight is 316 g/mol. The van der Waals surface area contributed by atoms with E-state index in [4.69, 9.17) is 14.2 Å². The van der Waals surface area contributed by atoms with Crippen LogP contribution in [0, 0.1) is 0 Å². The standard InChI is InChI=1S/C13H16O9/c1-6(14)20-8-5-9(12(16)18-3)22-11(13(17)19-4)10(8)21-7(2)15/h5,8,10-11H,1-4H3/t8-,10-,11-/m0/s1. The largest absolute Gasteiger partial charge is 0.467 e. The summed E-state index contributed by atoms with van der Waals surface area (Å²) in [5, 5.41) is 0. The Morgan fingerprint density at radius 3 is 2.05 bits per heavy atom. The topological polar surface area (TPSA) is 114 Å². The maximum atomic E-state index is 11.8. The van der Waals surface area contributed by atoms with Crippen molar-refractivity contribution in [2.24, 2.45) is 0 Å².